The molecule has 2 rings (SSSR count). The molecule has 2 aromatic carbocycles. The van der Waals surface area contributed by atoms with E-state index in [0.717, 1.165) is 23.5 Å². The van der Waals surface area contributed by atoms with Crippen LogP contribution in [0.4, 0.5) is 0 Å². The molecule has 0 fully saturated rings. The zero-order chi connectivity index (χ0) is 14.6. The molecule has 0 heterocycles. The van der Waals surface area contributed by atoms with Gasteiger partial charge in [-0.15, -0.1) is 11.6 Å². The highest BCUT2D eigenvalue weighted by molar-refractivity contribution is 6.17. The summed E-state index contributed by atoms with van der Waals surface area (Å²) in [5, 5.41) is 0. The van der Waals surface area contributed by atoms with Crippen LogP contribution in [0.15, 0.2) is 48.5 Å². The van der Waals surface area contributed by atoms with Gasteiger partial charge in [-0.25, -0.2) is 0 Å². The molecule has 0 bridgehead atoms. The molecule has 0 amide bonds. The van der Waals surface area contributed by atoms with Crippen LogP contribution in [0.5, 0.6) is 11.5 Å². The summed E-state index contributed by atoms with van der Waals surface area (Å²) >= 11 is 5.92. The van der Waals surface area contributed by atoms with E-state index in [1.54, 1.807) is 0 Å². The third kappa shape index (κ3) is 3.34. The van der Waals surface area contributed by atoms with E-state index in [4.69, 9.17) is 16.3 Å². The Hall–Kier alpha value is -1.47. The third-order valence-electron chi connectivity index (χ3n) is 3.86. The molecule has 0 aliphatic heterocycles. The average Bonchev–Trinajstić information content (AvgIpc) is 2.48. The van der Waals surface area contributed by atoms with Crippen molar-refractivity contribution in [3.63, 3.8) is 0 Å². The van der Waals surface area contributed by atoms with E-state index in [-0.39, 0.29) is 5.41 Å². The monoisotopic (exact) mass is 288 g/mol. The van der Waals surface area contributed by atoms with Gasteiger partial charge in [0.25, 0.3) is 0 Å². The number of rotatable bonds is 5. The smallest absolute Gasteiger partial charge is 0.131 e. The first-order chi connectivity index (χ1) is 9.56. The molecule has 0 radical (unpaired) electrons. The second kappa shape index (κ2) is 6.32. The van der Waals surface area contributed by atoms with E-state index in [2.05, 4.69) is 32.9 Å². The molecule has 0 aliphatic carbocycles. The van der Waals surface area contributed by atoms with Crippen molar-refractivity contribution in [2.24, 2.45) is 0 Å². The zero-order valence-electron chi connectivity index (χ0n) is 12.3. The van der Waals surface area contributed by atoms with Crippen molar-refractivity contribution in [1.29, 1.82) is 0 Å². The normalized spacial score (nSPS) is 11.4. The van der Waals surface area contributed by atoms with Crippen LogP contribution < -0.4 is 4.74 Å². The fraction of sp³-hybridized carbons (Fsp3) is 0.333. The minimum absolute atomic E-state index is 0.201. The minimum Gasteiger partial charge on any atom is -0.457 e. The van der Waals surface area contributed by atoms with Gasteiger partial charge in [-0.1, -0.05) is 51.1 Å². The third-order valence-corrected chi connectivity index (χ3v) is 4.15. The molecule has 0 unspecified atom stereocenters. The van der Waals surface area contributed by atoms with E-state index in [9.17, 15) is 0 Å². The summed E-state index contributed by atoms with van der Waals surface area (Å²) in [6.07, 6.45) is 1.11. The highest BCUT2D eigenvalue weighted by Gasteiger charge is 2.17. The quantitative estimate of drug-likeness (QED) is 0.622. The lowest BCUT2D eigenvalue weighted by molar-refractivity contribution is 0.474. The molecule has 2 aromatic rings. The Morgan fingerprint density at radius 1 is 1.00 bits per heavy atom. The fourth-order valence-corrected chi connectivity index (χ4v) is 2.24. The van der Waals surface area contributed by atoms with Crippen LogP contribution in [0, 0.1) is 0 Å². The van der Waals surface area contributed by atoms with Crippen LogP contribution >= 0.6 is 11.6 Å². The zero-order valence-corrected chi connectivity index (χ0v) is 13.1. The highest BCUT2D eigenvalue weighted by Crippen LogP contribution is 2.30. The highest BCUT2D eigenvalue weighted by atomic mass is 35.5. The summed E-state index contributed by atoms with van der Waals surface area (Å²) in [5.41, 5.74) is 2.54. The van der Waals surface area contributed by atoms with Crippen molar-refractivity contribution in [1.82, 2.24) is 0 Å². The number of halogens is 1. The standard InChI is InChI=1S/C18H21ClO/c1-4-18(2,3)15-9-11-16(12-10-15)20-17-8-6-5-7-14(17)13-19/h5-12H,4,13H2,1-3H3. The molecule has 0 aromatic heterocycles. The van der Waals surface area contributed by atoms with E-state index in [0.29, 0.717) is 5.88 Å². The summed E-state index contributed by atoms with van der Waals surface area (Å²) in [6.45, 7) is 6.72. The minimum atomic E-state index is 0.201. The van der Waals surface area contributed by atoms with Gasteiger partial charge >= 0.3 is 0 Å². The summed E-state index contributed by atoms with van der Waals surface area (Å²) in [7, 11) is 0. The number of ether oxygens (including phenoxy) is 1. The Morgan fingerprint density at radius 3 is 2.25 bits per heavy atom. The van der Waals surface area contributed by atoms with Crippen molar-refractivity contribution < 1.29 is 4.74 Å². The van der Waals surface area contributed by atoms with Gasteiger partial charge in [0.1, 0.15) is 11.5 Å². The van der Waals surface area contributed by atoms with Crippen LogP contribution in [0.3, 0.4) is 0 Å². The molecule has 0 atom stereocenters. The predicted molar refractivity (Wildman–Crippen MR) is 85.8 cm³/mol. The Morgan fingerprint density at radius 2 is 1.65 bits per heavy atom. The number of para-hydroxylation sites is 1. The second-order valence-corrected chi connectivity index (χ2v) is 5.87. The van der Waals surface area contributed by atoms with Gasteiger partial charge in [-0.3, -0.25) is 0 Å². The summed E-state index contributed by atoms with van der Waals surface area (Å²) < 4.78 is 5.92. The number of alkyl halides is 1. The first-order valence-electron chi connectivity index (χ1n) is 6.99. The molecule has 106 valence electrons. The van der Waals surface area contributed by atoms with Gasteiger partial charge in [0.05, 0.1) is 5.88 Å². The Kier molecular flexibility index (Phi) is 4.72. The van der Waals surface area contributed by atoms with E-state index in [1.807, 2.05) is 36.4 Å². The molecular formula is C18H21ClO. The Balaban J connectivity index is 2.19. The van der Waals surface area contributed by atoms with E-state index in [1.165, 1.54) is 5.56 Å². The lowest BCUT2D eigenvalue weighted by Crippen LogP contribution is -2.14. The van der Waals surface area contributed by atoms with Crippen molar-refractivity contribution in [2.75, 3.05) is 0 Å². The van der Waals surface area contributed by atoms with Crippen LogP contribution in [-0.2, 0) is 11.3 Å². The average molecular weight is 289 g/mol. The maximum Gasteiger partial charge on any atom is 0.131 e. The van der Waals surface area contributed by atoms with Crippen molar-refractivity contribution in [3.8, 4) is 11.5 Å². The predicted octanol–water partition coefficient (Wildman–Crippen LogP) is 5.91. The van der Waals surface area contributed by atoms with Crippen LogP contribution in [0.1, 0.15) is 38.3 Å². The molecule has 0 saturated carbocycles. The largest absolute Gasteiger partial charge is 0.457 e. The molecule has 0 N–H and O–H groups in total. The maximum atomic E-state index is 5.92. The van der Waals surface area contributed by atoms with E-state index >= 15 is 0 Å². The van der Waals surface area contributed by atoms with Crippen LogP contribution in [0.2, 0.25) is 0 Å². The maximum absolute atomic E-state index is 5.92. The van der Waals surface area contributed by atoms with Gasteiger partial charge < -0.3 is 4.74 Å². The van der Waals surface area contributed by atoms with Gasteiger partial charge in [0.15, 0.2) is 0 Å². The lowest BCUT2D eigenvalue weighted by Gasteiger charge is -2.23. The molecule has 1 nitrogen and oxygen atoms in total. The SMILES string of the molecule is CCC(C)(C)c1ccc(Oc2ccccc2CCl)cc1. The molecule has 0 spiro atoms. The molecule has 20 heavy (non-hydrogen) atoms. The van der Waals surface area contributed by atoms with Gasteiger partial charge in [-0.05, 0) is 35.6 Å². The number of hydrogen-bond acceptors (Lipinski definition) is 1. The van der Waals surface area contributed by atoms with Gasteiger partial charge in [0.2, 0.25) is 0 Å². The fourth-order valence-electron chi connectivity index (χ4n) is 2.02. The Labute approximate surface area is 126 Å². The summed E-state index contributed by atoms with van der Waals surface area (Å²) in [5.74, 6) is 2.13. The van der Waals surface area contributed by atoms with Crippen molar-refractivity contribution >= 4 is 11.6 Å². The first kappa shape index (κ1) is 14.9. The van der Waals surface area contributed by atoms with Gasteiger partial charge in [-0.2, -0.15) is 0 Å². The second-order valence-electron chi connectivity index (χ2n) is 5.61. The number of benzene rings is 2. The molecule has 0 saturated heterocycles. The molecule has 2 heteroatoms. The molecule has 0 aliphatic rings. The van der Waals surface area contributed by atoms with Crippen molar-refractivity contribution in [2.45, 2.75) is 38.5 Å². The summed E-state index contributed by atoms with van der Waals surface area (Å²) in [4.78, 5) is 0. The van der Waals surface area contributed by atoms with Gasteiger partial charge in [0, 0.05) is 5.56 Å². The Bertz CT molecular complexity index is 558. The number of hydrogen-bond donors (Lipinski definition) is 0. The van der Waals surface area contributed by atoms with Crippen molar-refractivity contribution in [3.05, 3.63) is 59.7 Å². The summed E-state index contributed by atoms with van der Waals surface area (Å²) in [6, 6.07) is 16.2. The first-order valence-corrected chi connectivity index (χ1v) is 7.52. The molecular weight excluding hydrogens is 268 g/mol. The topological polar surface area (TPSA) is 9.23 Å². The van der Waals surface area contributed by atoms with Crippen LogP contribution in [0.25, 0.3) is 0 Å². The van der Waals surface area contributed by atoms with E-state index < -0.39 is 0 Å². The lowest BCUT2D eigenvalue weighted by atomic mass is 9.82. The van der Waals surface area contributed by atoms with Crippen LogP contribution in [-0.4, -0.2) is 0 Å².